The van der Waals surface area contributed by atoms with Gasteiger partial charge in [0.15, 0.2) is 0 Å². The second kappa shape index (κ2) is 11.8. The normalized spacial score (nSPS) is 11.5. The van der Waals surface area contributed by atoms with E-state index in [4.69, 9.17) is 26.1 Å². The number of ether oxygens (including phenoxy) is 2. The Morgan fingerprint density at radius 1 is 1.05 bits per heavy atom. The molecule has 0 atom stereocenters. The van der Waals surface area contributed by atoms with Crippen LogP contribution in [0, 0.1) is 5.82 Å². The van der Waals surface area contributed by atoms with Crippen LogP contribution in [0.2, 0.25) is 5.02 Å². The Morgan fingerprint density at radius 2 is 1.83 bits per heavy atom. The lowest BCUT2D eigenvalue weighted by Crippen LogP contribution is -2.51. The zero-order valence-electron chi connectivity index (χ0n) is 22.5. The summed E-state index contributed by atoms with van der Waals surface area (Å²) in [6.07, 6.45) is 0.315. The van der Waals surface area contributed by atoms with E-state index in [1.807, 2.05) is 6.92 Å². The molecule has 2 aromatic heterocycles. The minimum atomic E-state index is -2.40. The maximum absolute atomic E-state index is 13.5. The van der Waals surface area contributed by atoms with Gasteiger partial charge in [0, 0.05) is 28.6 Å². The number of carboxylic acid groups (broad SMARTS) is 2. The van der Waals surface area contributed by atoms with Crippen LogP contribution in [0.5, 0.6) is 11.5 Å². The van der Waals surface area contributed by atoms with Gasteiger partial charge in [-0.2, -0.15) is 0 Å². The third-order valence-corrected chi connectivity index (χ3v) is 7.97. The predicted molar refractivity (Wildman–Crippen MR) is 159 cm³/mol. The molecular weight excluding hydrogens is 585 g/mol. The Morgan fingerprint density at radius 3 is 2.50 bits per heavy atom. The Labute approximate surface area is 248 Å². The van der Waals surface area contributed by atoms with Crippen LogP contribution in [0.3, 0.4) is 0 Å². The molecule has 42 heavy (non-hydrogen) atoms. The molecule has 12 heteroatoms. The molecule has 0 aliphatic heterocycles. The first-order chi connectivity index (χ1) is 20.1. The molecule has 0 bridgehead atoms. The summed E-state index contributed by atoms with van der Waals surface area (Å²) in [4.78, 5) is 33.6. The highest BCUT2D eigenvalue weighted by atomic mass is 35.5. The number of hydrogen-bond acceptors (Lipinski definition) is 8. The first-order valence-corrected chi connectivity index (χ1v) is 14.2. The Bertz CT molecular complexity index is 1810. The van der Waals surface area contributed by atoms with Gasteiger partial charge in [0.25, 0.3) is 5.60 Å². The van der Waals surface area contributed by atoms with Crippen molar-refractivity contribution in [3.05, 3.63) is 82.9 Å². The van der Waals surface area contributed by atoms with Crippen molar-refractivity contribution in [3.63, 3.8) is 0 Å². The number of aryl methyl sites for hydroxylation is 1. The quantitative estimate of drug-likeness (QED) is 0.133. The van der Waals surface area contributed by atoms with Crippen molar-refractivity contribution < 1.29 is 33.7 Å². The van der Waals surface area contributed by atoms with E-state index in [1.165, 1.54) is 36.5 Å². The van der Waals surface area contributed by atoms with Crippen LogP contribution in [0.4, 0.5) is 15.9 Å². The van der Waals surface area contributed by atoms with Crippen molar-refractivity contribution in [1.29, 1.82) is 0 Å². The van der Waals surface area contributed by atoms with E-state index in [9.17, 15) is 24.2 Å². The van der Waals surface area contributed by atoms with Gasteiger partial charge < -0.3 is 25.0 Å². The first-order valence-electron chi connectivity index (χ1n) is 13.0. The van der Waals surface area contributed by atoms with Crippen LogP contribution in [-0.4, -0.2) is 37.7 Å². The monoisotopic (exact) mass is 609 g/mol. The average molecular weight is 610 g/mol. The van der Waals surface area contributed by atoms with Gasteiger partial charge in [0.2, 0.25) is 0 Å². The summed E-state index contributed by atoms with van der Waals surface area (Å²) in [5.74, 6) is -1.81. The molecular formula is C30H25ClFN3O6S. The summed E-state index contributed by atoms with van der Waals surface area (Å²) in [7, 11) is 0. The molecule has 0 aliphatic carbocycles. The van der Waals surface area contributed by atoms with Gasteiger partial charge in [-0.15, -0.1) is 11.3 Å². The van der Waals surface area contributed by atoms with Crippen molar-refractivity contribution in [2.75, 3.05) is 5.32 Å². The molecule has 5 rings (SSSR count). The number of aromatic nitrogens is 2. The van der Waals surface area contributed by atoms with Crippen LogP contribution in [0.1, 0.15) is 31.7 Å². The second-order valence-corrected chi connectivity index (χ2v) is 10.8. The largest absolute Gasteiger partial charge is 0.487 e. The van der Waals surface area contributed by atoms with Crippen molar-refractivity contribution >= 4 is 66.7 Å². The number of nitrogens with one attached hydrogen (secondary N) is 1. The number of aliphatic carboxylic acids is 2. The molecule has 2 heterocycles. The van der Waals surface area contributed by atoms with Crippen LogP contribution in [0.15, 0.2) is 60.7 Å². The molecule has 216 valence electrons. The molecule has 3 N–H and O–H groups in total. The standard InChI is InChI=1S/C30H25ClFN3O6S/c1-3-24-34-26(33-18-8-11-22(21(31)13-18)40-15-16-6-5-7-17(32)12-16)25-20-10-9-19(14-23(20)42-27(25)35-24)41-30(4-2,28(36)37)29(38)39/h5-14H,3-4,15H2,1-2H3,(H,36,37)(H,38,39)(H,33,34,35). The Kier molecular flexibility index (Phi) is 8.15. The predicted octanol–water partition coefficient (Wildman–Crippen LogP) is 7.22. The number of halogens is 2. The van der Waals surface area contributed by atoms with E-state index in [0.29, 0.717) is 49.6 Å². The lowest BCUT2D eigenvalue weighted by molar-refractivity contribution is -0.172. The number of benzene rings is 3. The summed E-state index contributed by atoms with van der Waals surface area (Å²) in [5, 5.41) is 24.4. The van der Waals surface area contributed by atoms with E-state index in [0.717, 1.165) is 10.8 Å². The molecule has 0 saturated carbocycles. The van der Waals surface area contributed by atoms with Gasteiger partial charge in [-0.1, -0.05) is 37.6 Å². The number of carbonyl (C=O) groups is 2. The van der Waals surface area contributed by atoms with Crippen molar-refractivity contribution in [2.24, 2.45) is 0 Å². The number of rotatable bonds is 11. The lowest BCUT2D eigenvalue weighted by Gasteiger charge is -2.24. The summed E-state index contributed by atoms with van der Waals surface area (Å²) >= 11 is 7.86. The molecule has 9 nitrogen and oxygen atoms in total. The molecule has 0 fully saturated rings. The minimum absolute atomic E-state index is 0.111. The Hall–Kier alpha value is -4.48. The zero-order valence-corrected chi connectivity index (χ0v) is 24.1. The van der Waals surface area contributed by atoms with E-state index < -0.39 is 17.5 Å². The number of fused-ring (bicyclic) bond motifs is 3. The topological polar surface area (TPSA) is 131 Å². The van der Waals surface area contributed by atoms with Crippen LogP contribution >= 0.6 is 22.9 Å². The highest BCUT2D eigenvalue weighted by Crippen LogP contribution is 2.40. The maximum Gasteiger partial charge on any atom is 0.360 e. The molecule has 0 unspecified atom stereocenters. The summed E-state index contributed by atoms with van der Waals surface area (Å²) < 4.78 is 25.5. The molecule has 0 radical (unpaired) electrons. The van der Waals surface area contributed by atoms with Crippen LogP contribution in [-0.2, 0) is 22.6 Å². The fourth-order valence-electron chi connectivity index (χ4n) is 4.39. The van der Waals surface area contributed by atoms with Crippen molar-refractivity contribution in [2.45, 2.75) is 38.9 Å². The van der Waals surface area contributed by atoms with Gasteiger partial charge >= 0.3 is 11.9 Å². The van der Waals surface area contributed by atoms with E-state index >= 15 is 0 Å². The van der Waals surface area contributed by atoms with Gasteiger partial charge in [0.05, 0.1) is 10.4 Å². The van der Waals surface area contributed by atoms with Crippen molar-refractivity contribution in [3.8, 4) is 11.5 Å². The van der Waals surface area contributed by atoms with E-state index in [2.05, 4.69) is 10.3 Å². The number of hydrogen-bond donors (Lipinski definition) is 3. The fraction of sp³-hybridized carbons (Fsp3) is 0.200. The Balaban J connectivity index is 1.46. The molecule has 0 spiro atoms. The maximum atomic E-state index is 13.5. The number of thiophene rings is 1. The first kappa shape index (κ1) is 29.0. The van der Waals surface area contributed by atoms with Gasteiger partial charge in [0.1, 0.15) is 40.4 Å². The average Bonchev–Trinajstić information content (AvgIpc) is 3.33. The smallest absolute Gasteiger partial charge is 0.360 e. The highest BCUT2D eigenvalue weighted by molar-refractivity contribution is 7.25. The van der Waals surface area contributed by atoms with E-state index in [1.54, 1.807) is 42.5 Å². The van der Waals surface area contributed by atoms with Gasteiger partial charge in [-0.25, -0.2) is 23.9 Å². The SMILES string of the molecule is CCc1nc(Nc2ccc(OCc3cccc(F)c3)c(Cl)c2)c2c(n1)sc1cc(OC(CC)(C(=O)O)C(=O)O)ccc12. The van der Waals surface area contributed by atoms with Crippen LogP contribution < -0.4 is 14.8 Å². The summed E-state index contributed by atoms with van der Waals surface area (Å²) in [5.41, 5.74) is -1.08. The number of nitrogens with zero attached hydrogens (tertiary/aromatic N) is 2. The number of anilines is 2. The van der Waals surface area contributed by atoms with Crippen molar-refractivity contribution in [1.82, 2.24) is 9.97 Å². The third kappa shape index (κ3) is 5.65. The molecule has 5 aromatic rings. The fourth-order valence-corrected chi connectivity index (χ4v) is 5.74. The van der Waals surface area contributed by atoms with Crippen LogP contribution in [0.25, 0.3) is 20.3 Å². The lowest BCUT2D eigenvalue weighted by atomic mass is 10.0. The minimum Gasteiger partial charge on any atom is -0.487 e. The summed E-state index contributed by atoms with van der Waals surface area (Å²) in [6, 6.07) is 16.2. The summed E-state index contributed by atoms with van der Waals surface area (Å²) in [6.45, 7) is 3.53. The number of carboxylic acids is 2. The zero-order chi connectivity index (χ0) is 30.0. The molecule has 3 aromatic carbocycles. The molecule has 0 saturated heterocycles. The second-order valence-electron chi connectivity index (χ2n) is 9.36. The van der Waals surface area contributed by atoms with Gasteiger partial charge in [-0.05, 0) is 54.1 Å². The highest BCUT2D eigenvalue weighted by Gasteiger charge is 2.48. The third-order valence-electron chi connectivity index (χ3n) is 6.63. The molecule has 0 aliphatic rings. The van der Waals surface area contributed by atoms with E-state index in [-0.39, 0.29) is 24.6 Å². The molecule has 0 amide bonds. The van der Waals surface area contributed by atoms with Gasteiger partial charge in [-0.3, -0.25) is 0 Å².